The lowest BCUT2D eigenvalue weighted by Crippen LogP contribution is -2.46. The van der Waals surface area contributed by atoms with Crippen LogP contribution in [0, 0.1) is 6.92 Å². The number of fused-ring (bicyclic) bond motifs is 1. The van der Waals surface area contributed by atoms with Crippen LogP contribution in [0.4, 0.5) is 10.5 Å². The normalized spacial score (nSPS) is 13.9. The van der Waals surface area contributed by atoms with Gasteiger partial charge in [0.15, 0.2) is 5.69 Å². The molecule has 3 aromatic carbocycles. The number of anilines is 1. The smallest absolute Gasteiger partial charge is 0.319 e. The van der Waals surface area contributed by atoms with Gasteiger partial charge in [0.2, 0.25) is 0 Å². The second-order valence-electron chi connectivity index (χ2n) is 12.5. The highest BCUT2D eigenvalue weighted by Gasteiger charge is 2.32. The van der Waals surface area contributed by atoms with Gasteiger partial charge in [-0.05, 0) is 73.2 Å². The number of rotatable bonds is 13. The van der Waals surface area contributed by atoms with E-state index in [1.165, 1.54) is 0 Å². The zero-order chi connectivity index (χ0) is 34.9. The number of unbranched alkanes of at least 4 members (excludes halogenated alkanes) is 2. The first-order valence-electron chi connectivity index (χ1n) is 17.0. The minimum Gasteiger partial charge on any atom is -0.394 e. The summed E-state index contributed by atoms with van der Waals surface area (Å²) in [4.78, 5) is 44.7. The van der Waals surface area contributed by atoms with Gasteiger partial charge in [0.1, 0.15) is 0 Å². The van der Waals surface area contributed by atoms with E-state index in [9.17, 15) is 19.5 Å². The summed E-state index contributed by atoms with van der Waals surface area (Å²) in [6.45, 7) is 7.70. The van der Waals surface area contributed by atoms with Gasteiger partial charge in [-0.3, -0.25) is 9.59 Å². The van der Waals surface area contributed by atoms with Crippen LogP contribution in [0.2, 0.25) is 5.02 Å². The number of nitrogens with zero attached hydrogens (tertiary/aromatic N) is 4. The van der Waals surface area contributed by atoms with Crippen LogP contribution >= 0.6 is 11.6 Å². The molecule has 0 radical (unpaired) electrons. The van der Waals surface area contributed by atoms with Crippen LogP contribution in [0.5, 0.6) is 0 Å². The van der Waals surface area contributed by atoms with Crippen molar-refractivity contribution in [3.8, 4) is 5.69 Å². The molecule has 2 heterocycles. The number of carbonyl (C=O) groups excluding carboxylic acids is 3. The lowest BCUT2D eigenvalue weighted by molar-refractivity contribution is 0.0544. The van der Waals surface area contributed by atoms with Crippen molar-refractivity contribution < 1.29 is 19.5 Å². The van der Waals surface area contributed by atoms with E-state index >= 15 is 0 Å². The van der Waals surface area contributed by atoms with Gasteiger partial charge < -0.3 is 25.5 Å². The highest BCUT2D eigenvalue weighted by atomic mass is 35.5. The summed E-state index contributed by atoms with van der Waals surface area (Å²) >= 11 is 6.26. The summed E-state index contributed by atoms with van der Waals surface area (Å²) in [6, 6.07) is 21.1. The first kappa shape index (κ1) is 35.6. The largest absolute Gasteiger partial charge is 0.394 e. The third-order valence-corrected chi connectivity index (χ3v) is 9.26. The molecule has 0 fully saturated rings. The lowest BCUT2D eigenvalue weighted by atomic mass is 9.93. The van der Waals surface area contributed by atoms with E-state index in [0.717, 1.165) is 42.4 Å². The topological polar surface area (TPSA) is 120 Å². The molecule has 1 aliphatic heterocycles. The van der Waals surface area contributed by atoms with Gasteiger partial charge in [-0.2, -0.15) is 5.10 Å². The van der Waals surface area contributed by atoms with E-state index in [1.54, 1.807) is 39.9 Å². The highest BCUT2D eigenvalue weighted by molar-refractivity contribution is 6.31. The van der Waals surface area contributed by atoms with Gasteiger partial charge >= 0.3 is 6.03 Å². The van der Waals surface area contributed by atoms with Crippen molar-refractivity contribution in [2.24, 2.45) is 0 Å². The van der Waals surface area contributed by atoms with Crippen molar-refractivity contribution in [1.29, 1.82) is 0 Å². The van der Waals surface area contributed by atoms with E-state index < -0.39 is 12.1 Å². The fourth-order valence-corrected chi connectivity index (χ4v) is 6.31. The summed E-state index contributed by atoms with van der Waals surface area (Å²) in [6.07, 6.45) is 4.27. The SMILES string of the molecule is CCCCN(CCCC)C(=O)c1cc(C)n(-c2ccc(NC(=O)NCc3ccccc3Cl)cc2C(=O)N2Cc3ccccc3C[C@H]2CO)n1. The van der Waals surface area contributed by atoms with Crippen LogP contribution in [0.3, 0.4) is 0 Å². The number of benzene rings is 3. The van der Waals surface area contributed by atoms with E-state index in [0.29, 0.717) is 53.8 Å². The molecule has 4 amide bonds. The van der Waals surface area contributed by atoms with Gasteiger partial charge in [0, 0.05) is 42.6 Å². The molecule has 258 valence electrons. The number of urea groups is 1. The number of aryl methyl sites for hydroxylation is 1. The van der Waals surface area contributed by atoms with E-state index in [1.807, 2.05) is 54.3 Å². The Morgan fingerprint density at radius 2 is 1.65 bits per heavy atom. The van der Waals surface area contributed by atoms with Crippen molar-refractivity contribution >= 4 is 35.1 Å². The summed E-state index contributed by atoms with van der Waals surface area (Å²) in [7, 11) is 0. The molecule has 0 unspecified atom stereocenters. The number of aliphatic hydroxyl groups excluding tert-OH is 1. The predicted octanol–water partition coefficient (Wildman–Crippen LogP) is 6.76. The standard InChI is InChI=1S/C38H45ClN6O4/c1-4-6-18-43(19-7-5-2)37(48)34-20-26(3)45(42-34)35-17-16-30(41-38(49)40-23-28-13-10-11-15-33(28)39)22-32(35)36(47)44-24-29-14-9-8-12-27(29)21-31(44)25-46/h8-17,20,22,31,46H,4-7,18-19,21,23-25H2,1-3H3,(H2,40,41,49)/t31-/m0/s1. The molecule has 0 aliphatic carbocycles. The Bertz CT molecular complexity index is 1780. The Hall–Kier alpha value is -4.67. The van der Waals surface area contributed by atoms with Gasteiger partial charge in [-0.1, -0.05) is 80.8 Å². The van der Waals surface area contributed by atoms with Crippen molar-refractivity contribution in [1.82, 2.24) is 24.9 Å². The second kappa shape index (κ2) is 16.6. The molecule has 3 N–H and O–H groups in total. The highest BCUT2D eigenvalue weighted by Crippen LogP contribution is 2.29. The molecular weight excluding hydrogens is 640 g/mol. The Balaban J connectivity index is 1.48. The van der Waals surface area contributed by atoms with Crippen LogP contribution in [0.25, 0.3) is 5.69 Å². The van der Waals surface area contributed by atoms with E-state index in [4.69, 9.17) is 16.7 Å². The van der Waals surface area contributed by atoms with E-state index in [-0.39, 0.29) is 30.5 Å². The number of halogens is 1. The Kier molecular flexibility index (Phi) is 12.1. The average Bonchev–Trinajstić information content (AvgIpc) is 3.51. The third kappa shape index (κ3) is 8.50. The van der Waals surface area contributed by atoms with Crippen LogP contribution in [-0.2, 0) is 19.5 Å². The number of aliphatic hydroxyl groups is 1. The van der Waals surface area contributed by atoms with Crippen LogP contribution in [-0.4, -0.2) is 68.3 Å². The average molecular weight is 685 g/mol. The van der Waals surface area contributed by atoms with Gasteiger partial charge in [0.25, 0.3) is 11.8 Å². The number of hydrogen-bond acceptors (Lipinski definition) is 5. The Labute approximate surface area is 293 Å². The molecule has 5 rings (SSSR count). The molecule has 11 heteroatoms. The van der Waals surface area contributed by atoms with Crippen molar-refractivity contribution in [3.63, 3.8) is 0 Å². The molecule has 0 saturated carbocycles. The first-order chi connectivity index (χ1) is 23.7. The Morgan fingerprint density at radius 3 is 2.35 bits per heavy atom. The van der Waals surface area contributed by atoms with Crippen LogP contribution < -0.4 is 10.6 Å². The van der Waals surface area contributed by atoms with Crippen LogP contribution in [0.1, 0.15) is 82.8 Å². The van der Waals surface area contributed by atoms with Gasteiger partial charge in [-0.25, -0.2) is 9.48 Å². The third-order valence-electron chi connectivity index (χ3n) is 8.89. The fourth-order valence-electron chi connectivity index (χ4n) is 6.10. The molecule has 0 spiro atoms. The number of nitrogens with one attached hydrogen (secondary N) is 2. The quantitative estimate of drug-likeness (QED) is 0.144. The Morgan fingerprint density at radius 1 is 0.959 bits per heavy atom. The fraction of sp³-hybridized carbons (Fsp3) is 0.368. The summed E-state index contributed by atoms with van der Waals surface area (Å²) in [5, 5.41) is 21.3. The minimum atomic E-state index is -0.464. The second-order valence-corrected chi connectivity index (χ2v) is 12.9. The number of hydrogen-bond donors (Lipinski definition) is 3. The van der Waals surface area contributed by atoms with E-state index in [2.05, 4.69) is 24.5 Å². The van der Waals surface area contributed by atoms with Gasteiger partial charge in [-0.15, -0.1) is 0 Å². The summed E-state index contributed by atoms with van der Waals surface area (Å²) in [5.74, 6) is -0.461. The van der Waals surface area contributed by atoms with Crippen molar-refractivity contribution in [2.45, 2.75) is 72.0 Å². The number of aromatic nitrogens is 2. The lowest BCUT2D eigenvalue weighted by Gasteiger charge is -2.36. The summed E-state index contributed by atoms with van der Waals surface area (Å²) in [5.41, 5.74) is 5.01. The zero-order valence-corrected chi connectivity index (χ0v) is 29.2. The van der Waals surface area contributed by atoms with Crippen molar-refractivity contribution in [2.75, 3.05) is 25.0 Å². The van der Waals surface area contributed by atoms with Gasteiger partial charge in [0.05, 0.1) is 23.9 Å². The monoisotopic (exact) mass is 684 g/mol. The zero-order valence-electron chi connectivity index (χ0n) is 28.4. The molecule has 1 atom stereocenters. The maximum absolute atomic E-state index is 14.5. The van der Waals surface area contributed by atoms with Crippen molar-refractivity contribution in [3.05, 3.63) is 111 Å². The maximum Gasteiger partial charge on any atom is 0.319 e. The maximum atomic E-state index is 14.5. The molecule has 4 aromatic rings. The number of carbonyl (C=O) groups is 3. The minimum absolute atomic E-state index is 0.141. The molecule has 10 nitrogen and oxygen atoms in total. The molecule has 0 saturated heterocycles. The molecule has 1 aromatic heterocycles. The predicted molar refractivity (Wildman–Crippen MR) is 192 cm³/mol. The number of amides is 4. The van der Waals surface area contributed by atoms with Crippen LogP contribution in [0.15, 0.2) is 72.8 Å². The molecule has 0 bridgehead atoms. The molecule has 49 heavy (non-hydrogen) atoms. The molecule has 1 aliphatic rings. The molecular formula is C38H45ClN6O4. The first-order valence-corrected chi connectivity index (χ1v) is 17.4. The summed E-state index contributed by atoms with van der Waals surface area (Å²) < 4.78 is 1.62.